The molecule has 4 heteroatoms. The maximum Gasteiger partial charge on any atom is 0.193 e. The van der Waals surface area contributed by atoms with Crippen molar-refractivity contribution in [1.29, 1.82) is 0 Å². The van der Waals surface area contributed by atoms with E-state index in [0.717, 1.165) is 31.5 Å². The van der Waals surface area contributed by atoms with Crippen LogP contribution in [0.2, 0.25) is 0 Å². The Balaban J connectivity index is 1.46. The van der Waals surface area contributed by atoms with Crippen molar-refractivity contribution in [1.82, 2.24) is 15.1 Å². The molecule has 2 unspecified atom stereocenters. The molecule has 0 radical (unpaired) electrons. The van der Waals surface area contributed by atoms with Crippen molar-refractivity contribution >= 4 is 5.96 Å². The Morgan fingerprint density at radius 1 is 1.12 bits per heavy atom. The zero-order chi connectivity index (χ0) is 18.4. The average Bonchev–Trinajstić information content (AvgIpc) is 2.67. The highest BCUT2D eigenvalue weighted by Crippen LogP contribution is 2.32. The summed E-state index contributed by atoms with van der Waals surface area (Å²) in [5.41, 5.74) is 1.49. The summed E-state index contributed by atoms with van der Waals surface area (Å²) >= 11 is 0. The Bertz CT molecular complexity index is 563. The minimum atomic E-state index is 0.651. The van der Waals surface area contributed by atoms with Crippen molar-refractivity contribution in [3.63, 3.8) is 0 Å². The zero-order valence-corrected chi connectivity index (χ0v) is 16.8. The predicted molar refractivity (Wildman–Crippen MR) is 111 cm³/mol. The van der Waals surface area contributed by atoms with E-state index in [0.29, 0.717) is 11.8 Å². The molecule has 0 aliphatic carbocycles. The molecule has 0 aromatic heterocycles. The largest absolute Gasteiger partial charge is 0.356 e. The molecule has 2 aliphatic rings. The molecule has 2 atom stereocenters. The highest BCUT2D eigenvalue weighted by molar-refractivity contribution is 5.80. The molecular formula is C22H36N4. The van der Waals surface area contributed by atoms with E-state index >= 15 is 0 Å². The Kier molecular flexibility index (Phi) is 6.95. The van der Waals surface area contributed by atoms with Crippen molar-refractivity contribution in [2.75, 3.05) is 46.8 Å². The summed E-state index contributed by atoms with van der Waals surface area (Å²) in [7, 11) is 4.16. The summed E-state index contributed by atoms with van der Waals surface area (Å²) in [5, 5.41) is 3.64. The molecule has 1 N–H and O–H groups in total. The summed E-state index contributed by atoms with van der Waals surface area (Å²) in [6.07, 6.45) is 5.16. The van der Waals surface area contributed by atoms with E-state index in [1.807, 2.05) is 7.05 Å². The van der Waals surface area contributed by atoms with E-state index in [2.05, 4.69) is 64.4 Å². The molecule has 1 aromatic carbocycles. The van der Waals surface area contributed by atoms with Gasteiger partial charge in [0, 0.05) is 26.7 Å². The first-order valence-corrected chi connectivity index (χ1v) is 10.4. The van der Waals surface area contributed by atoms with Crippen LogP contribution in [0, 0.1) is 11.8 Å². The maximum absolute atomic E-state index is 4.56. The van der Waals surface area contributed by atoms with Crippen molar-refractivity contribution < 1.29 is 0 Å². The summed E-state index contributed by atoms with van der Waals surface area (Å²) < 4.78 is 0. The van der Waals surface area contributed by atoms with Gasteiger partial charge in [0.05, 0.1) is 0 Å². The van der Waals surface area contributed by atoms with Crippen LogP contribution < -0.4 is 5.32 Å². The molecule has 2 heterocycles. The van der Waals surface area contributed by atoms with Crippen molar-refractivity contribution in [2.24, 2.45) is 16.8 Å². The van der Waals surface area contributed by atoms with E-state index in [4.69, 9.17) is 0 Å². The van der Waals surface area contributed by atoms with E-state index in [1.54, 1.807) is 0 Å². The highest BCUT2D eigenvalue weighted by atomic mass is 15.3. The number of rotatable bonds is 4. The van der Waals surface area contributed by atoms with Gasteiger partial charge >= 0.3 is 0 Å². The lowest BCUT2D eigenvalue weighted by Crippen LogP contribution is -2.48. The minimum absolute atomic E-state index is 0.651. The van der Waals surface area contributed by atoms with Gasteiger partial charge in [-0.2, -0.15) is 0 Å². The molecule has 4 nitrogen and oxygen atoms in total. The Hall–Kier alpha value is -1.55. The van der Waals surface area contributed by atoms with E-state index in [9.17, 15) is 0 Å². The normalized spacial score (nSPS) is 26.1. The van der Waals surface area contributed by atoms with Crippen LogP contribution in [0.25, 0.3) is 0 Å². The monoisotopic (exact) mass is 356 g/mol. The molecule has 2 aliphatic heterocycles. The minimum Gasteiger partial charge on any atom is -0.356 e. The van der Waals surface area contributed by atoms with Gasteiger partial charge in [-0.3, -0.25) is 4.99 Å². The van der Waals surface area contributed by atoms with Gasteiger partial charge in [0.15, 0.2) is 5.96 Å². The molecule has 0 amide bonds. The van der Waals surface area contributed by atoms with Gasteiger partial charge in [-0.15, -0.1) is 0 Å². The van der Waals surface area contributed by atoms with Crippen LogP contribution in [0.1, 0.15) is 44.1 Å². The first-order valence-electron chi connectivity index (χ1n) is 10.4. The van der Waals surface area contributed by atoms with Gasteiger partial charge in [0.25, 0.3) is 0 Å². The number of likely N-dealkylation sites (tertiary alicyclic amines) is 2. The van der Waals surface area contributed by atoms with E-state index < -0.39 is 0 Å². The molecule has 2 fully saturated rings. The molecule has 144 valence electrons. The summed E-state index contributed by atoms with van der Waals surface area (Å²) in [4.78, 5) is 9.46. The Morgan fingerprint density at radius 3 is 2.50 bits per heavy atom. The number of hydrogen-bond acceptors (Lipinski definition) is 2. The first-order chi connectivity index (χ1) is 12.7. The van der Waals surface area contributed by atoms with Gasteiger partial charge in [0.2, 0.25) is 0 Å². The second-order valence-corrected chi connectivity index (χ2v) is 8.24. The quantitative estimate of drug-likeness (QED) is 0.662. The number of hydrogen-bond donors (Lipinski definition) is 1. The fourth-order valence-electron chi connectivity index (χ4n) is 4.60. The van der Waals surface area contributed by atoms with Crippen LogP contribution in [0.3, 0.4) is 0 Å². The molecule has 2 saturated heterocycles. The molecule has 0 spiro atoms. The topological polar surface area (TPSA) is 30.9 Å². The smallest absolute Gasteiger partial charge is 0.193 e. The average molecular weight is 357 g/mol. The fraction of sp³-hybridized carbons (Fsp3) is 0.682. The Labute approximate surface area is 159 Å². The molecule has 0 saturated carbocycles. The second-order valence-electron chi connectivity index (χ2n) is 8.24. The van der Waals surface area contributed by atoms with Crippen LogP contribution in [-0.2, 0) is 0 Å². The third-order valence-corrected chi connectivity index (χ3v) is 6.32. The van der Waals surface area contributed by atoms with Gasteiger partial charge in [0.1, 0.15) is 0 Å². The predicted octanol–water partition coefficient (Wildman–Crippen LogP) is 3.42. The van der Waals surface area contributed by atoms with E-state index in [1.165, 1.54) is 44.3 Å². The summed E-state index contributed by atoms with van der Waals surface area (Å²) in [6, 6.07) is 11.0. The van der Waals surface area contributed by atoms with Gasteiger partial charge < -0.3 is 15.1 Å². The van der Waals surface area contributed by atoms with Gasteiger partial charge in [-0.1, -0.05) is 37.3 Å². The molecule has 3 rings (SSSR count). The number of benzene rings is 1. The lowest BCUT2D eigenvalue weighted by molar-refractivity contribution is 0.211. The van der Waals surface area contributed by atoms with Gasteiger partial charge in [-0.05, 0) is 69.1 Å². The standard InChI is InChI=1S/C22H36N4/c1-18-17-26(16-12-21(18)20-7-5-4-6-8-20)22(23-2)24-13-9-19-10-14-25(3)15-11-19/h4-8,18-19,21H,9-17H2,1-3H3,(H,23,24). The number of guanidine groups is 1. The van der Waals surface area contributed by atoms with Crippen molar-refractivity contribution in [2.45, 2.75) is 38.5 Å². The van der Waals surface area contributed by atoms with Crippen molar-refractivity contribution in [3.05, 3.63) is 35.9 Å². The van der Waals surface area contributed by atoms with Crippen LogP contribution in [0.15, 0.2) is 35.3 Å². The third-order valence-electron chi connectivity index (χ3n) is 6.32. The highest BCUT2D eigenvalue weighted by Gasteiger charge is 2.28. The molecule has 0 bridgehead atoms. The number of aliphatic imine (C=N–C) groups is 1. The molecular weight excluding hydrogens is 320 g/mol. The number of piperidine rings is 2. The fourth-order valence-corrected chi connectivity index (χ4v) is 4.60. The van der Waals surface area contributed by atoms with Crippen LogP contribution in [0.5, 0.6) is 0 Å². The van der Waals surface area contributed by atoms with Crippen LogP contribution in [0.4, 0.5) is 0 Å². The van der Waals surface area contributed by atoms with E-state index in [-0.39, 0.29) is 0 Å². The number of nitrogens with one attached hydrogen (secondary N) is 1. The summed E-state index contributed by atoms with van der Waals surface area (Å²) in [6.45, 7) is 8.13. The summed E-state index contributed by atoms with van der Waals surface area (Å²) in [5.74, 6) is 3.29. The SMILES string of the molecule is CN=C(NCCC1CCN(C)CC1)N1CCC(c2ccccc2)C(C)C1. The number of nitrogens with zero attached hydrogens (tertiary/aromatic N) is 3. The molecule has 1 aromatic rings. The third kappa shape index (κ3) is 5.00. The maximum atomic E-state index is 4.56. The van der Waals surface area contributed by atoms with Crippen LogP contribution >= 0.6 is 0 Å². The second kappa shape index (κ2) is 9.40. The first kappa shape index (κ1) is 19.2. The lowest BCUT2D eigenvalue weighted by Gasteiger charge is -2.39. The zero-order valence-electron chi connectivity index (χ0n) is 16.8. The Morgan fingerprint density at radius 2 is 1.85 bits per heavy atom. The molecule has 26 heavy (non-hydrogen) atoms. The van der Waals surface area contributed by atoms with Gasteiger partial charge in [-0.25, -0.2) is 0 Å². The van der Waals surface area contributed by atoms with Crippen molar-refractivity contribution in [3.8, 4) is 0 Å². The lowest BCUT2D eigenvalue weighted by atomic mass is 9.82. The van der Waals surface area contributed by atoms with Crippen LogP contribution in [-0.4, -0.2) is 62.6 Å².